The number of nitrogens with one attached hydrogen (secondary N) is 1. The summed E-state index contributed by atoms with van der Waals surface area (Å²) in [4.78, 5) is 25.6. The average molecular weight is 1150 g/mol. The van der Waals surface area contributed by atoms with Gasteiger partial charge in [0.1, 0.15) is 13.2 Å². The number of phosphoric ester groups is 1. The van der Waals surface area contributed by atoms with Crippen LogP contribution < -0.4 is 10.2 Å². The van der Waals surface area contributed by atoms with E-state index in [4.69, 9.17) is 9.05 Å². The molecule has 0 saturated carbocycles. The number of likely N-dealkylation sites (N-methyl/N-ethyl adjacent to an activating group) is 1. The van der Waals surface area contributed by atoms with E-state index < -0.39 is 26.6 Å². The third kappa shape index (κ3) is 65.1. The lowest BCUT2D eigenvalue weighted by atomic mass is 10.0. The van der Waals surface area contributed by atoms with Crippen LogP contribution in [0.5, 0.6) is 0 Å². The summed E-state index contributed by atoms with van der Waals surface area (Å²) in [7, 11) is 1.24. The van der Waals surface area contributed by atoms with Crippen LogP contribution in [0.25, 0.3) is 0 Å². The van der Waals surface area contributed by atoms with Crippen molar-refractivity contribution in [1.29, 1.82) is 0 Å². The van der Waals surface area contributed by atoms with Gasteiger partial charge in [-0.05, 0) is 83.5 Å². The number of hydrogen-bond donors (Lipinski definition) is 2. The van der Waals surface area contributed by atoms with Crippen LogP contribution in [0.1, 0.15) is 316 Å². The van der Waals surface area contributed by atoms with Gasteiger partial charge in [0.2, 0.25) is 5.91 Å². The molecule has 0 aliphatic heterocycles. The minimum Gasteiger partial charge on any atom is -0.756 e. The van der Waals surface area contributed by atoms with Gasteiger partial charge < -0.3 is 28.8 Å². The highest BCUT2D eigenvalue weighted by Gasteiger charge is 2.23. The molecule has 0 aromatic carbocycles. The number of allylic oxidation sites excluding steroid dienone is 13. The Bertz CT molecular complexity index is 1600. The second kappa shape index (κ2) is 62.2. The molecule has 9 heteroatoms. The summed E-state index contributed by atoms with van der Waals surface area (Å²) in [6, 6.07) is -0.914. The summed E-state index contributed by atoms with van der Waals surface area (Å²) in [6.45, 7) is 4.54. The molecule has 1 amide bonds. The highest BCUT2D eigenvalue weighted by atomic mass is 31.2. The van der Waals surface area contributed by atoms with Crippen LogP contribution in [0.4, 0.5) is 0 Å². The second-order valence-electron chi connectivity index (χ2n) is 24.5. The average Bonchev–Trinajstić information content (AvgIpc) is 3.43. The number of amides is 1. The van der Waals surface area contributed by atoms with Gasteiger partial charge in [0.15, 0.2) is 0 Å². The number of carbonyl (C=O) groups is 1. The first-order valence-electron chi connectivity index (χ1n) is 34.4. The van der Waals surface area contributed by atoms with Crippen molar-refractivity contribution in [2.75, 3.05) is 40.9 Å². The second-order valence-corrected chi connectivity index (χ2v) is 25.9. The summed E-state index contributed by atoms with van der Waals surface area (Å²) in [6.07, 6.45) is 88.5. The van der Waals surface area contributed by atoms with E-state index >= 15 is 0 Å². The van der Waals surface area contributed by atoms with Crippen molar-refractivity contribution in [3.8, 4) is 0 Å². The molecule has 0 rings (SSSR count). The van der Waals surface area contributed by atoms with Gasteiger partial charge in [-0.25, -0.2) is 0 Å². The molecular weight excluding hydrogens is 1020 g/mol. The van der Waals surface area contributed by atoms with Crippen molar-refractivity contribution < 1.29 is 32.9 Å². The summed E-state index contributed by atoms with van der Waals surface area (Å²) in [5.41, 5.74) is 0. The first-order valence-corrected chi connectivity index (χ1v) is 35.9. The Hall–Kier alpha value is -2.32. The molecule has 0 fully saturated rings. The zero-order chi connectivity index (χ0) is 59.1. The fourth-order valence-electron chi connectivity index (χ4n) is 10.0. The van der Waals surface area contributed by atoms with Crippen LogP contribution in [-0.2, 0) is 18.4 Å². The highest BCUT2D eigenvalue weighted by molar-refractivity contribution is 7.45. The maximum Gasteiger partial charge on any atom is 0.268 e. The summed E-state index contributed by atoms with van der Waals surface area (Å²) in [5, 5.41) is 13.9. The van der Waals surface area contributed by atoms with Crippen LogP contribution in [0, 0.1) is 0 Å². The van der Waals surface area contributed by atoms with E-state index in [0.29, 0.717) is 17.4 Å². The Morgan fingerprint density at radius 2 is 0.765 bits per heavy atom. The third-order valence-corrected chi connectivity index (χ3v) is 16.3. The molecule has 3 atom stereocenters. The molecule has 0 radical (unpaired) electrons. The van der Waals surface area contributed by atoms with Crippen LogP contribution in [0.2, 0.25) is 0 Å². The van der Waals surface area contributed by atoms with Crippen molar-refractivity contribution >= 4 is 13.7 Å². The number of aliphatic hydroxyl groups is 1. The van der Waals surface area contributed by atoms with Crippen LogP contribution in [0.3, 0.4) is 0 Å². The molecule has 3 unspecified atom stereocenters. The number of unbranched alkanes of at least 4 members (excludes halogenated alkanes) is 38. The van der Waals surface area contributed by atoms with Crippen molar-refractivity contribution in [1.82, 2.24) is 5.32 Å². The smallest absolute Gasteiger partial charge is 0.268 e. The zero-order valence-electron chi connectivity index (χ0n) is 54.0. The van der Waals surface area contributed by atoms with Gasteiger partial charge in [0, 0.05) is 6.42 Å². The maximum atomic E-state index is 13.0. The lowest BCUT2D eigenvalue weighted by Crippen LogP contribution is -2.45. The van der Waals surface area contributed by atoms with Crippen molar-refractivity contribution in [3.05, 3.63) is 85.1 Å². The predicted octanol–water partition coefficient (Wildman–Crippen LogP) is 21.3. The van der Waals surface area contributed by atoms with E-state index in [-0.39, 0.29) is 12.5 Å². The topological polar surface area (TPSA) is 108 Å². The fourth-order valence-corrected chi connectivity index (χ4v) is 10.7. The Labute approximate surface area is 503 Å². The van der Waals surface area contributed by atoms with Gasteiger partial charge >= 0.3 is 0 Å². The van der Waals surface area contributed by atoms with Crippen LogP contribution in [-0.4, -0.2) is 68.5 Å². The van der Waals surface area contributed by atoms with Gasteiger partial charge in [0.05, 0.1) is 39.9 Å². The van der Waals surface area contributed by atoms with Gasteiger partial charge in [-0.3, -0.25) is 9.36 Å². The Balaban J connectivity index is 4.13. The lowest BCUT2D eigenvalue weighted by Gasteiger charge is -2.29. The van der Waals surface area contributed by atoms with Crippen molar-refractivity contribution in [3.63, 3.8) is 0 Å². The van der Waals surface area contributed by atoms with E-state index in [1.54, 1.807) is 6.08 Å². The first kappa shape index (κ1) is 78.7. The first-order chi connectivity index (χ1) is 39.5. The lowest BCUT2D eigenvalue weighted by molar-refractivity contribution is -0.870. The predicted molar refractivity (Wildman–Crippen MR) is 353 cm³/mol. The molecule has 0 bridgehead atoms. The van der Waals surface area contributed by atoms with Crippen molar-refractivity contribution in [2.45, 2.75) is 328 Å². The van der Waals surface area contributed by atoms with E-state index in [2.05, 4.69) is 92.1 Å². The van der Waals surface area contributed by atoms with E-state index in [0.717, 1.165) is 70.6 Å². The molecule has 8 nitrogen and oxygen atoms in total. The molecule has 0 saturated heterocycles. The minimum atomic E-state index is -4.62. The molecular formula is C72H133N2O6P. The van der Waals surface area contributed by atoms with Gasteiger partial charge in [-0.2, -0.15) is 0 Å². The number of carbonyl (C=O) groups excluding carboxylic acids is 1. The number of quaternary nitrogens is 1. The molecule has 472 valence electrons. The Morgan fingerprint density at radius 1 is 0.444 bits per heavy atom. The van der Waals surface area contributed by atoms with Crippen molar-refractivity contribution in [2.24, 2.45) is 0 Å². The molecule has 0 heterocycles. The molecule has 0 aliphatic rings. The normalized spacial score (nSPS) is 14.2. The Kier molecular flexibility index (Phi) is 60.4. The SMILES string of the molecule is CC/C=C\C/C=C\C/C=C\C/C=C\CCCCCCCCCCCCCCCCCCCCC(=O)NC(COP(=O)([O-])OCC[N+](C)(C)C)C(O)/C=C/CC/C=C/CC/C=C/CCCCCCCCCCCCCCCCCCCC. The van der Waals surface area contributed by atoms with Gasteiger partial charge in [0.25, 0.3) is 7.82 Å². The molecule has 2 N–H and O–H groups in total. The number of aliphatic hydroxyl groups excluding tert-OH is 1. The van der Waals surface area contributed by atoms with Crippen LogP contribution in [0.15, 0.2) is 85.1 Å². The summed E-state index contributed by atoms with van der Waals surface area (Å²) < 4.78 is 23.4. The maximum absolute atomic E-state index is 13.0. The monoisotopic (exact) mass is 1150 g/mol. The highest BCUT2D eigenvalue weighted by Crippen LogP contribution is 2.38. The molecule has 0 aromatic rings. The van der Waals surface area contributed by atoms with E-state index in [9.17, 15) is 19.4 Å². The van der Waals surface area contributed by atoms with Crippen LogP contribution >= 0.6 is 7.82 Å². The number of nitrogens with zero attached hydrogens (tertiary/aromatic N) is 1. The summed E-state index contributed by atoms with van der Waals surface area (Å²) in [5.74, 6) is -0.209. The quantitative estimate of drug-likeness (QED) is 0.0272. The van der Waals surface area contributed by atoms with E-state index in [1.807, 2.05) is 27.2 Å². The number of hydrogen-bond acceptors (Lipinski definition) is 6. The van der Waals surface area contributed by atoms with E-state index in [1.165, 1.54) is 225 Å². The molecule has 0 aliphatic carbocycles. The number of rotatable bonds is 63. The number of phosphoric acid groups is 1. The minimum absolute atomic E-state index is 0.0106. The Morgan fingerprint density at radius 3 is 1.15 bits per heavy atom. The molecule has 81 heavy (non-hydrogen) atoms. The zero-order valence-corrected chi connectivity index (χ0v) is 54.9. The standard InChI is InChI=1S/C72H133N2O6P/c1-6-8-10-12-14-16-18-20-22-24-26-28-30-32-34-36-37-38-40-42-44-46-48-50-52-54-56-58-60-62-64-66-72(76)73-70(69-80-81(77,78)79-68-67-74(3,4)5)71(75)65-63-61-59-57-55-53-51-49-47-45-43-41-39-35-33-31-29-27-25-23-21-19-17-15-13-11-9-7-2/h8,10,14,16,20,22,26,28,47,49,55,57,63,65,70-71,75H,6-7,9,11-13,15,17-19,21,23-25,27,29-46,48,50-54,56,58-62,64,66-69H2,1-5H3,(H-,73,76,77,78)/b10-8-,16-14-,22-20-,28-26-,49-47+,57-55+,65-63+. The van der Waals surface area contributed by atoms with Gasteiger partial charge in [-0.1, -0.05) is 311 Å². The largest absolute Gasteiger partial charge is 0.756 e. The fraction of sp³-hybridized carbons (Fsp3) is 0.792. The molecule has 0 spiro atoms. The third-order valence-electron chi connectivity index (χ3n) is 15.3. The molecule has 0 aromatic heterocycles. The summed E-state index contributed by atoms with van der Waals surface area (Å²) >= 11 is 0. The van der Waals surface area contributed by atoms with Gasteiger partial charge in [-0.15, -0.1) is 0 Å².